The highest BCUT2D eigenvalue weighted by molar-refractivity contribution is 6.08. The molecule has 3 aromatic rings. The molecule has 8 nitrogen and oxygen atoms in total. The van der Waals surface area contributed by atoms with Gasteiger partial charge in [-0.05, 0) is 59.9 Å². The van der Waals surface area contributed by atoms with Gasteiger partial charge in [0.05, 0.1) is 12.8 Å². The van der Waals surface area contributed by atoms with Crippen LogP contribution < -0.4 is 9.64 Å². The van der Waals surface area contributed by atoms with Crippen LogP contribution in [0.25, 0.3) is 10.5 Å². The molecule has 0 saturated carbocycles. The molecule has 1 saturated heterocycles. The minimum atomic E-state index is -0.199. The fraction of sp³-hybridized carbons (Fsp3) is 0.357. The van der Waals surface area contributed by atoms with Gasteiger partial charge in [-0.3, -0.25) is 9.59 Å². The number of anilines is 1. The molecule has 1 aromatic heterocycles. The molecular weight excluding hydrogens is 454 g/mol. The molecule has 0 N–H and O–H groups in total. The van der Waals surface area contributed by atoms with Crippen LogP contribution in [0.15, 0.2) is 48.5 Å². The average Bonchev–Trinajstić information content (AvgIpc) is 3.47. The molecule has 0 unspecified atom stereocenters. The van der Waals surface area contributed by atoms with Gasteiger partial charge in [-0.15, -0.1) is 0 Å². The van der Waals surface area contributed by atoms with Crippen LogP contribution in [0.4, 0.5) is 11.5 Å². The summed E-state index contributed by atoms with van der Waals surface area (Å²) in [5.74, 6) is 1.02. The van der Waals surface area contributed by atoms with E-state index in [1.165, 1.54) is 0 Å². The van der Waals surface area contributed by atoms with Gasteiger partial charge in [0.15, 0.2) is 0 Å². The van der Waals surface area contributed by atoms with Crippen LogP contribution in [-0.2, 0) is 16.6 Å². The molecule has 0 atom stereocenters. The number of nitrogens with zero attached hydrogens (tertiary/aromatic N) is 5. The van der Waals surface area contributed by atoms with E-state index < -0.39 is 0 Å². The van der Waals surface area contributed by atoms with Crippen molar-refractivity contribution in [3.05, 3.63) is 76.8 Å². The first kappa shape index (κ1) is 23.6. The minimum absolute atomic E-state index is 0.177. The number of hydrogen-bond donors (Lipinski definition) is 0. The summed E-state index contributed by atoms with van der Waals surface area (Å²) in [7, 11) is 1.60. The smallest absolute Gasteiger partial charge is 0.300 e. The third-order valence-electron chi connectivity index (χ3n) is 7.14. The fourth-order valence-corrected chi connectivity index (χ4v) is 5.12. The van der Waals surface area contributed by atoms with Crippen molar-refractivity contribution in [3.63, 3.8) is 0 Å². The summed E-state index contributed by atoms with van der Waals surface area (Å²) in [5.41, 5.74) is 3.54. The number of ether oxygens (including phenoxy) is 1. The van der Waals surface area contributed by atoms with Gasteiger partial charge < -0.3 is 19.4 Å². The lowest BCUT2D eigenvalue weighted by atomic mass is 9.84. The monoisotopic (exact) mass is 483 g/mol. The minimum Gasteiger partial charge on any atom is -0.497 e. The van der Waals surface area contributed by atoms with Crippen molar-refractivity contribution in [1.29, 1.82) is 0 Å². The molecule has 2 aromatic carbocycles. The number of carbonyl (C=O) groups is 2. The van der Waals surface area contributed by atoms with Crippen molar-refractivity contribution in [3.8, 4) is 11.4 Å². The standard InChI is InChI=1S/C28H29N5O3/c1-28(2,18-31-16-5-6-24(31)34)19-7-9-20(10-8-19)32-17-15-23-25(27(32)35)33(30-26(23)29-3)21-11-13-22(36-4)14-12-21/h7-14H,5-6,15-18H2,1-2,4H3. The summed E-state index contributed by atoms with van der Waals surface area (Å²) in [5, 5.41) is 4.46. The van der Waals surface area contributed by atoms with E-state index in [-0.39, 0.29) is 23.0 Å². The number of hydrogen-bond acceptors (Lipinski definition) is 4. The highest BCUT2D eigenvalue weighted by Gasteiger charge is 2.35. The number of rotatable bonds is 6. The number of methoxy groups -OCH3 is 1. The number of aromatic nitrogens is 2. The lowest BCUT2D eigenvalue weighted by molar-refractivity contribution is -0.128. The predicted molar refractivity (Wildman–Crippen MR) is 137 cm³/mol. The zero-order chi connectivity index (χ0) is 25.4. The van der Waals surface area contributed by atoms with Crippen LogP contribution in [0.3, 0.4) is 0 Å². The second-order valence-corrected chi connectivity index (χ2v) is 9.93. The summed E-state index contributed by atoms with van der Waals surface area (Å²) >= 11 is 0. The van der Waals surface area contributed by atoms with Crippen molar-refractivity contribution in [2.75, 3.05) is 31.6 Å². The average molecular weight is 484 g/mol. The number of fused-ring (bicyclic) bond motifs is 1. The molecule has 0 aliphatic carbocycles. The quantitative estimate of drug-likeness (QED) is 0.483. The Bertz CT molecular complexity index is 1350. The first-order valence-corrected chi connectivity index (χ1v) is 12.2. The molecule has 36 heavy (non-hydrogen) atoms. The summed E-state index contributed by atoms with van der Waals surface area (Å²) in [6.07, 6.45) is 2.12. The van der Waals surface area contributed by atoms with E-state index >= 15 is 0 Å². The molecule has 1 fully saturated rings. The molecule has 2 aliphatic heterocycles. The molecule has 0 spiro atoms. The second kappa shape index (κ2) is 9.15. The van der Waals surface area contributed by atoms with Crippen molar-refractivity contribution >= 4 is 23.3 Å². The Morgan fingerprint density at radius 3 is 2.31 bits per heavy atom. The van der Waals surface area contributed by atoms with Gasteiger partial charge in [0, 0.05) is 42.7 Å². The lowest BCUT2D eigenvalue weighted by Crippen LogP contribution is -2.39. The van der Waals surface area contributed by atoms with Crippen LogP contribution >= 0.6 is 0 Å². The van der Waals surface area contributed by atoms with Crippen LogP contribution in [0.5, 0.6) is 5.75 Å². The van der Waals surface area contributed by atoms with Gasteiger partial charge in [0.2, 0.25) is 5.91 Å². The van der Waals surface area contributed by atoms with E-state index in [0.717, 1.165) is 24.2 Å². The van der Waals surface area contributed by atoms with Crippen LogP contribution in [0.2, 0.25) is 0 Å². The van der Waals surface area contributed by atoms with Crippen molar-refractivity contribution in [1.82, 2.24) is 14.7 Å². The molecule has 5 rings (SSSR count). The number of carbonyl (C=O) groups excluding carboxylic acids is 2. The van der Waals surface area contributed by atoms with Crippen LogP contribution in [0.1, 0.15) is 48.3 Å². The van der Waals surface area contributed by atoms with E-state index in [1.54, 1.807) is 16.7 Å². The van der Waals surface area contributed by atoms with E-state index in [9.17, 15) is 9.59 Å². The van der Waals surface area contributed by atoms with E-state index in [2.05, 4.69) is 23.8 Å². The molecular formula is C28H29N5O3. The van der Waals surface area contributed by atoms with Gasteiger partial charge in [-0.25, -0.2) is 0 Å². The largest absolute Gasteiger partial charge is 0.497 e. The van der Waals surface area contributed by atoms with E-state index in [0.29, 0.717) is 48.6 Å². The highest BCUT2D eigenvalue weighted by Crippen LogP contribution is 2.34. The Balaban J connectivity index is 1.42. The van der Waals surface area contributed by atoms with Gasteiger partial charge in [-0.1, -0.05) is 32.6 Å². The summed E-state index contributed by atoms with van der Waals surface area (Å²) in [6.45, 7) is 13.8. The maximum atomic E-state index is 13.7. The Morgan fingerprint density at radius 1 is 1.00 bits per heavy atom. The summed E-state index contributed by atoms with van der Waals surface area (Å²) in [4.78, 5) is 33.1. The van der Waals surface area contributed by atoms with Crippen molar-refractivity contribution in [2.45, 2.75) is 38.5 Å². The lowest BCUT2D eigenvalue weighted by Gasteiger charge is -2.32. The second-order valence-electron chi connectivity index (χ2n) is 9.93. The van der Waals surface area contributed by atoms with Gasteiger partial charge in [0.1, 0.15) is 11.4 Å². The third-order valence-corrected chi connectivity index (χ3v) is 7.14. The third kappa shape index (κ3) is 4.11. The number of amides is 2. The van der Waals surface area contributed by atoms with Crippen molar-refractivity contribution in [2.24, 2.45) is 0 Å². The summed E-state index contributed by atoms with van der Waals surface area (Å²) in [6, 6.07) is 15.3. The van der Waals surface area contributed by atoms with E-state index in [4.69, 9.17) is 11.3 Å². The zero-order valence-electron chi connectivity index (χ0n) is 20.8. The Morgan fingerprint density at radius 2 is 1.69 bits per heavy atom. The Hall–Kier alpha value is -4.12. The van der Waals surface area contributed by atoms with Gasteiger partial charge in [-0.2, -0.15) is 4.68 Å². The topological polar surface area (TPSA) is 72.0 Å². The SMILES string of the molecule is [C-]#[N+]c1nn(-c2ccc(OC)cc2)c2c1CCN(c1ccc(C(C)(C)CN3CCCC3=O)cc1)C2=O. The number of benzene rings is 2. The normalized spacial score (nSPS) is 15.7. The number of likely N-dealkylation sites (tertiary alicyclic amines) is 1. The molecule has 2 amide bonds. The van der Waals surface area contributed by atoms with Crippen LogP contribution in [0, 0.1) is 6.57 Å². The Labute approximate surface area is 210 Å². The van der Waals surface area contributed by atoms with Gasteiger partial charge in [0.25, 0.3) is 11.7 Å². The van der Waals surface area contributed by atoms with E-state index in [1.807, 2.05) is 53.4 Å². The first-order chi connectivity index (χ1) is 17.3. The molecule has 0 bridgehead atoms. The predicted octanol–water partition coefficient (Wildman–Crippen LogP) is 4.53. The summed E-state index contributed by atoms with van der Waals surface area (Å²) < 4.78 is 6.81. The molecule has 2 aliphatic rings. The first-order valence-electron chi connectivity index (χ1n) is 12.2. The highest BCUT2D eigenvalue weighted by atomic mass is 16.5. The molecule has 0 radical (unpaired) electrons. The molecule has 184 valence electrons. The molecule has 8 heteroatoms. The van der Waals surface area contributed by atoms with Crippen LogP contribution in [-0.4, -0.2) is 53.2 Å². The van der Waals surface area contributed by atoms with Crippen molar-refractivity contribution < 1.29 is 14.3 Å². The maximum absolute atomic E-state index is 13.7. The zero-order valence-corrected chi connectivity index (χ0v) is 20.8. The fourth-order valence-electron chi connectivity index (χ4n) is 5.12. The molecule has 3 heterocycles. The van der Waals surface area contributed by atoms with Gasteiger partial charge >= 0.3 is 0 Å². The Kier molecular flexibility index (Phi) is 6.00. The maximum Gasteiger partial charge on any atom is 0.300 e.